The van der Waals surface area contributed by atoms with Crippen molar-refractivity contribution in [3.63, 3.8) is 0 Å². The van der Waals surface area contributed by atoms with E-state index >= 15 is 0 Å². The summed E-state index contributed by atoms with van der Waals surface area (Å²) in [6.07, 6.45) is 6.93. The Morgan fingerprint density at radius 3 is 2.90 bits per heavy atom. The van der Waals surface area contributed by atoms with E-state index in [4.69, 9.17) is 4.42 Å². The third-order valence-electron chi connectivity index (χ3n) is 4.67. The minimum atomic E-state index is -0.0561. The second-order valence-corrected chi connectivity index (χ2v) is 5.81. The summed E-state index contributed by atoms with van der Waals surface area (Å²) < 4.78 is 19.3. The third kappa shape index (κ3) is 1.88. The van der Waals surface area contributed by atoms with E-state index in [1.807, 2.05) is 6.07 Å². The third-order valence-corrected chi connectivity index (χ3v) is 4.67. The molecule has 1 heterocycles. The molecule has 0 amide bonds. The minimum absolute atomic E-state index is 0.0561. The lowest BCUT2D eigenvalue weighted by atomic mass is 9.92. The van der Waals surface area contributed by atoms with Gasteiger partial charge in [0.2, 0.25) is 0 Å². The van der Waals surface area contributed by atoms with Gasteiger partial charge in [-0.25, -0.2) is 4.39 Å². The highest BCUT2D eigenvalue weighted by Gasteiger charge is 2.29. The van der Waals surface area contributed by atoms with Crippen molar-refractivity contribution in [1.29, 1.82) is 0 Å². The molecule has 4 rings (SSSR count). The Labute approximate surface area is 118 Å². The van der Waals surface area contributed by atoms with Gasteiger partial charge in [-0.05, 0) is 48.9 Å². The molecule has 1 aromatic heterocycles. The molecule has 2 aromatic rings. The van der Waals surface area contributed by atoms with Crippen LogP contribution in [0.5, 0.6) is 0 Å². The number of furan rings is 1. The van der Waals surface area contributed by atoms with Crippen molar-refractivity contribution in [2.24, 2.45) is 0 Å². The zero-order valence-electron chi connectivity index (χ0n) is 11.4. The summed E-state index contributed by atoms with van der Waals surface area (Å²) in [5.74, 6) is 1.06. The van der Waals surface area contributed by atoms with Crippen LogP contribution in [0, 0.1) is 5.82 Å². The van der Waals surface area contributed by atoms with Crippen LogP contribution in [0.3, 0.4) is 0 Å². The van der Waals surface area contributed by atoms with Gasteiger partial charge in [-0.15, -0.1) is 0 Å². The molecule has 2 nitrogen and oxygen atoms in total. The second kappa shape index (κ2) is 4.74. The van der Waals surface area contributed by atoms with E-state index in [1.165, 1.54) is 5.56 Å². The van der Waals surface area contributed by atoms with Crippen LogP contribution in [0.2, 0.25) is 0 Å². The van der Waals surface area contributed by atoms with Gasteiger partial charge in [-0.1, -0.05) is 12.1 Å². The van der Waals surface area contributed by atoms with Crippen LogP contribution < -0.4 is 5.32 Å². The fraction of sp³-hybridized carbons (Fsp3) is 0.412. The molecule has 20 heavy (non-hydrogen) atoms. The van der Waals surface area contributed by atoms with Gasteiger partial charge in [-0.2, -0.15) is 0 Å². The van der Waals surface area contributed by atoms with Gasteiger partial charge in [0.05, 0.1) is 6.26 Å². The van der Waals surface area contributed by atoms with Gasteiger partial charge in [-0.3, -0.25) is 0 Å². The van der Waals surface area contributed by atoms with E-state index in [2.05, 4.69) is 17.4 Å². The second-order valence-electron chi connectivity index (χ2n) is 5.81. The summed E-state index contributed by atoms with van der Waals surface area (Å²) >= 11 is 0. The summed E-state index contributed by atoms with van der Waals surface area (Å²) in [7, 11) is 0. The molecule has 1 aromatic carbocycles. The molecule has 0 bridgehead atoms. The van der Waals surface area contributed by atoms with Crippen LogP contribution >= 0.6 is 0 Å². The summed E-state index contributed by atoms with van der Waals surface area (Å²) in [6, 6.07) is 8.13. The largest absolute Gasteiger partial charge is 0.469 e. The summed E-state index contributed by atoms with van der Waals surface area (Å²) in [4.78, 5) is 0. The molecule has 0 aliphatic heterocycles. The average molecular weight is 271 g/mol. The average Bonchev–Trinajstić information content (AvgIpc) is 3.07. The van der Waals surface area contributed by atoms with Crippen LogP contribution in [0.1, 0.15) is 53.8 Å². The van der Waals surface area contributed by atoms with Gasteiger partial charge in [0.1, 0.15) is 11.6 Å². The lowest BCUT2D eigenvalue weighted by molar-refractivity contribution is 0.375. The summed E-state index contributed by atoms with van der Waals surface area (Å²) in [5.41, 5.74) is 3.33. The zero-order valence-corrected chi connectivity index (χ0v) is 11.4. The van der Waals surface area contributed by atoms with Gasteiger partial charge >= 0.3 is 0 Å². The first-order valence-corrected chi connectivity index (χ1v) is 7.42. The van der Waals surface area contributed by atoms with Gasteiger partial charge in [0.25, 0.3) is 0 Å². The Morgan fingerprint density at radius 1 is 1.05 bits per heavy atom. The number of benzene rings is 1. The molecule has 0 radical (unpaired) electrons. The fourth-order valence-corrected chi connectivity index (χ4v) is 3.69. The Bertz CT molecular complexity index is 634. The monoisotopic (exact) mass is 271 g/mol. The van der Waals surface area contributed by atoms with Crippen molar-refractivity contribution in [1.82, 2.24) is 5.32 Å². The SMILES string of the molecule is Fc1cccc2c1CCC2NC1CCCc2occc21. The van der Waals surface area contributed by atoms with Gasteiger partial charge in [0, 0.05) is 24.1 Å². The standard InChI is InChI=1S/C17H18FNO/c18-14-4-1-3-12-11(14)7-8-16(12)19-15-5-2-6-17-13(15)9-10-20-17/h1,3-4,9-10,15-16,19H,2,5-8H2. The highest BCUT2D eigenvalue weighted by atomic mass is 19.1. The van der Waals surface area contributed by atoms with E-state index in [0.717, 1.165) is 49.0 Å². The van der Waals surface area contributed by atoms with Crippen molar-refractivity contribution < 1.29 is 8.81 Å². The lowest BCUT2D eigenvalue weighted by Gasteiger charge is -2.26. The van der Waals surface area contributed by atoms with E-state index < -0.39 is 0 Å². The van der Waals surface area contributed by atoms with E-state index in [1.54, 1.807) is 12.3 Å². The lowest BCUT2D eigenvalue weighted by Crippen LogP contribution is -2.27. The maximum Gasteiger partial charge on any atom is 0.126 e. The number of hydrogen-bond acceptors (Lipinski definition) is 2. The van der Waals surface area contributed by atoms with Gasteiger partial charge in [0.15, 0.2) is 0 Å². The van der Waals surface area contributed by atoms with Crippen LogP contribution in [0.25, 0.3) is 0 Å². The normalized spacial score (nSPS) is 24.4. The molecule has 2 atom stereocenters. The first-order valence-electron chi connectivity index (χ1n) is 7.42. The van der Waals surface area contributed by atoms with Crippen LogP contribution in [-0.4, -0.2) is 0 Å². The molecule has 0 fully saturated rings. The molecule has 0 saturated heterocycles. The molecular weight excluding hydrogens is 253 g/mol. The van der Waals surface area contributed by atoms with Crippen molar-refractivity contribution in [3.8, 4) is 0 Å². The Morgan fingerprint density at radius 2 is 1.95 bits per heavy atom. The molecule has 2 unspecified atom stereocenters. The maximum absolute atomic E-state index is 13.8. The number of aryl methyl sites for hydroxylation is 1. The number of fused-ring (bicyclic) bond motifs is 2. The number of nitrogens with one attached hydrogen (secondary N) is 1. The minimum Gasteiger partial charge on any atom is -0.469 e. The predicted octanol–water partition coefficient (Wildman–Crippen LogP) is 4.07. The first kappa shape index (κ1) is 12.2. The van der Waals surface area contributed by atoms with Crippen molar-refractivity contribution >= 4 is 0 Å². The smallest absolute Gasteiger partial charge is 0.126 e. The van der Waals surface area contributed by atoms with E-state index in [0.29, 0.717) is 6.04 Å². The summed E-state index contributed by atoms with van der Waals surface area (Å²) in [5, 5.41) is 3.72. The van der Waals surface area contributed by atoms with Gasteiger partial charge < -0.3 is 9.73 Å². The fourth-order valence-electron chi connectivity index (χ4n) is 3.69. The highest BCUT2D eigenvalue weighted by Crippen LogP contribution is 2.37. The molecule has 3 heteroatoms. The van der Waals surface area contributed by atoms with Crippen molar-refractivity contribution in [2.45, 2.75) is 44.2 Å². The molecule has 0 saturated carbocycles. The Kier molecular flexibility index (Phi) is 2.88. The highest BCUT2D eigenvalue weighted by molar-refractivity contribution is 5.36. The summed E-state index contributed by atoms with van der Waals surface area (Å²) in [6.45, 7) is 0. The molecule has 1 N–H and O–H groups in total. The van der Waals surface area contributed by atoms with Crippen molar-refractivity contribution in [3.05, 3.63) is 58.8 Å². The first-order chi connectivity index (χ1) is 9.83. The Balaban J connectivity index is 1.60. The molecular formula is C17H18FNO. The number of halogens is 1. The topological polar surface area (TPSA) is 25.2 Å². The molecule has 104 valence electrons. The Hall–Kier alpha value is -1.61. The number of rotatable bonds is 2. The maximum atomic E-state index is 13.8. The van der Waals surface area contributed by atoms with Crippen LogP contribution in [-0.2, 0) is 12.8 Å². The molecule has 2 aliphatic carbocycles. The van der Waals surface area contributed by atoms with E-state index in [-0.39, 0.29) is 11.9 Å². The molecule has 0 spiro atoms. The zero-order chi connectivity index (χ0) is 13.5. The van der Waals surface area contributed by atoms with E-state index in [9.17, 15) is 4.39 Å². The predicted molar refractivity (Wildman–Crippen MR) is 75.0 cm³/mol. The number of hydrogen-bond donors (Lipinski definition) is 1. The quantitative estimate of drug-likeness (QED) is 0.890. The molecule has 2 aliphatic rings. The van der Waals surface area contributed by atoms with Crippen molar-refractivity contribution in [2.75, 3.05) is 0 Å². The van der Waals surface area contributed by atoms with Crippen LogP contribution in [0.4, 0.5) is 4.39 Å². The van der Waals surface area contributed by atoms with Crippen LogP contribution in [0.15, 0.2) is 34.9 Å².